The largest absolute Gasteiger partial charge is 0.508 e. The van der Waals surface area contributed by atoms with Gasteiger partial charge in [-0.15, -0.1) is 0 Å². The Labute approximate surface area is 300 Å². The average Bonchev–Trinajstić information content (AvgIpc) is 3.12. The molecule has 4 rings (SSSR count). The molecule has 0 aliphatic heterocycles. The van der Waals surface area contributed by atoms with Gasteiger partial charge >= 0.3 is 0 Å². The molecule has 0 unspecified atom stereocenters. The second kappa shape index (κ2) is 22.4. The Morgan fingerprint density at radius 3 is 1.08 bits per heavy atom. The summed E-state index contributed by atoms with van der Waals surface area (Å²) in [5.74, 6) is 0.442. The zero-order valence-electron chi connectivity index (χ0n) is 31.4. The summed E-state index contributed by atoms with van der Waals surface area (Å²) in [4.78, 5) is 0. The maximum absolute atomic E-state index is 11.6. The van der Waals surface area contributed by atoms with Crippen molar-refractivity contribution >= 4 is 0 Å². The zero-order valence-corrected chi connectivity index (χ0v) is 31.4. The zero-order chi connectivity index (χ0) is 34.5. The molecule has 0 heterocycles. The molecule has 0 radical (unpaired) electrons. The van der Waals surface area contributed by atoms with Gasteiger partial charge in [0.2, 0.25) is 0 Å². The summed E-state index contributed by atoms with van der Waals surface area (Å²) < 4.78 is 0. The van der Waals surface area contributed by atoms with E-state index in [1.807, 2.05) is 6.07 Å². The second-order valence-electron chi connectivity index (χ2n) is 14.5. The lowest BCUT2D eigenvalue weighted by atomic mass is 9.85. The van der Waals surface area contributed by atoms with Crippen LogP contribution in [0, 0.1) is 0 Å². The van der Waals surface area contributed by atoms with E-state index in [2.05, 4.69) is 99.6 Å². The molecule has 0 spiro atoms. The molecule has 264 valence electrons. The minimum atomic E-state index is 0.442. The molecule has 0 fully saturated rings. The highest BCUT2D eigenvalue weighted by Gasteiger charge is 2.18. The number of aryl methyl sites for hydroxylation is 3. The lowest BCUT2D eigenvalue weighted by Crippen LogP contribution is -2.07. The van der Waals surface area contributed by atoms with Gasteiger partial charge in [-0.05, 0) is 102 Å². The van der Waals surface area contributed by atoms with Gasteiger partial charge in [-0.25, -0.2) is 0 Å². The molecule has 0 aromatic heterocycles. The predicted octanol–water partition coefficient (Wildman–Crippen LogP) is 13.7. The SMILES string of the molecule is CCCCCCCc1ccccc1Cc1ccc(O)c(Cc2ccccc2CCCCCCC)c1Cc1ccccc1CCCCCCC. The van der Waals surface area contributed by atoms with Crippen LogP contribution in [0.25, 0.3) is 0 Å². The second-order valence-corrected chi connectivity index (χ2v) is 14.5. The molecule has 1 nitrogen and oxygen atoms in total. The van der Waals surface area contributed by atoms with E-state index in [4.69, 9.17) is 0 Å². The number of benzene rings is 4. The van der Waals surface area contributed by atoms with E-state index in [1.165, 1.54) is 141 Å². The Balaban J connectivity index is 1.67. The van der Waals surface area contributed by atoms with Crippen LogP contribution in [-0.2, 0) is 38.5 Å². The highest BCUT2D eigenvalue weighted by Crippen LogP contribution is 2.33. The Morgan fingerprint density at radius 1 is 0.327 bits per heavy atom. The van der Waals surface area contributed by atoms with Crippen LogP contribution >= 0.6 is 0 Å². The van der Waals surface area contributed by atoms with Crippen molar-refractivity contribution in [2.75, 3.05) is 0 Å². The van der Waals surface area contributed by atoms with Gasteiger partial charge in [0.15, 0.2) is 0 Å². The van der Waals surface area contributed by atoms with Crippen LogP contribution in [0.3, 0.4) is 0 Å². The van der Waals surface area contributed by atoms with E-state index in [1.54, 1.807) is 0 Å². The van der Waals surface area contributed by atoms with Crippen molar-refractivity contribution in [3.63, 3.8) is 0 Å². The lowest BCUT2D eigenvalue weighted by Gasteiger charge is -2.21. The molecule has 4 aromatic rings. The standard InChI is InChI=1S/C48H66O/c1-4-7-10-13-16-25-39-28-19-22-31-42(39)36-45-34-35-48(49)47(38-44-33-24-21-30-41(44)27-18-15-12-9-6-3)46(45)37-43-32-23-20-29-40(43)26-17-14-11-8-5-2/h19-24,28-35,49H,4-18,25-27,36-38H2,1-3H3. The Morgan fingerprint density at radius 2 is 0.673 bits per heavy atom. The van der Waals surface area contributed by atoms with Gasteiger partial charge in [0, 0.05) is 12.0 Å². The van der Waals surface area contributed by atoms with Gasteiger partial charge in [0.1, 0.15) is 5.75 Å². The van der Waals surface area contributed by atoms with Crippen LogP contribution in [-0.4, -0.2) is 5.11 Å². The third-order valence-corrected chi connectivity index (χ3v) is 10.6. The van der Waals surface area contributed by atoms with Crippen LogP contribution in [0.15, 0.2) is 84.9 Å². The molecule has 1 N–H and O–H groups in total. The van der Waals surface area contributed by atoms with Crippen molar-refractivity contribution in [2.45, 2.75) is 156 Å². The smallest absolute Gasteiger partial charge is 0.119 e. The first-order valence-corrected chi connectivity index (χ1v) is 20.2. The first-order chi connectivity index (χ1) is 24.1. The van der Waals surface area contributed by atoms with Crippen LogP contribution in [0.5, 0.6) is 5.75 Å². The van der Waals surface area contributed by atoms with Crippen molar-refractivity contribution < 1.29 is 5.11 Å². The van der Waals surface area contributed by atoms with E-state index in [0.717, 1.165) is 44.1 Å². The number of rotatable bonds is 24. The summed E-state index contributed by atoms with van der Waals surface area (Å²) in [6, 6.07) is 31.4. The fraction of sp³-hybridized carbons (Fsp3) is 0.500. The van der Waals surface area contributed by atoms with Crippen molar-refractivity contribution in [1.82, 2.24) is 0 Å². The molecule has 0 saturated carbocycles. The van der Waals surface area contributed by atoms with Gasteiger partial charge in [-0.2, -0.15) is 0 Å². The molecule has 0 saturated heterocycles. The van der Waals surface area contributed by atoms with E-state index in [0.29, 0.717) is 5.75 Å². The van der Waals surface area contributed by atoms with Crippen LogP contribution in [0.4, 0.5) is 0 Å². The molecular weight excluding hydrogens is 593 g/mol. The van der Waals surface area contributed by atoms with Crippen LogP contribution in [0.1, 0.15) is 167 Å². The van der Waals surface area contributed by atoms with Crippen molar-refractivity contribution in [1.29, 1.82) is 0 Å². The highest BCUT2D eigenvalue weighted by atomic mass is 16.3. The van der Waals surface area contributed by atoms with Gasteiger partial charge in [0.25, 0.3) is 0 Å². The van der Waals surface area contributed by atoms with Crippen molar-refractivity contribution in [3.05, 3.63) is 135 Å². The number of unbranched alkanes of at least 4 members (excludes halogenated alkanes) is 12. The minimum Gasteiger partial charge on any atom is -0.508 e. The van der Waals surface area contributed by atoms with Crippen molar-refractivity contribution in [2.24, 2.45) is 0 Å². The molecule has 4 aromatic carbocycles. The summed E-state index contributed by atoms with van der Waals surface area (Å²) >= 11 is 0. The number of phenols is 1. The van der Waals surface area contributed by atoms with Gasteiger partial charge in [-0.3, -0.25) is 0 Å². The lowest BCUT2D eigenvalue weighted by molar-refractivity contribution is 0.468. The molecule has 1 heteroatoms. The summed E-state index contributed by atoms with van der Waals surface area (Å²) in [6.45, 7) is 6.86. The van der Waals surface area contributed by atoms with Gasteiger partial charge < -0.3 is 5.11 Å². The summed E-state index contributed by atoms with van der Waals surface area (Å²) in [5, 5.41) is 11.6. The Hall–Kier alpha value is -3.32. The molecule has 0 amide bonds. The van der Waals surface area contributed by atoms with Crippen LogP contribution < -0.4 is 0 Å². The Kier molecular flexibility index (Phi) is 17.6. The Bertz CT molecular complexity index is 1500. The quantitative estimate of drug-likeness (QED) is 0.0743. The average molecular weight is 659 g/mol. The third kappa shape index (κ3) is 12.8. The topological polar surface area (TPSA) is 20.2 Å². The fourth-order valence-corrected chi connectivity index (χ4v) is 7.58. The molecule has 0 bridgehead atoms. The number of hydrogen-bond donors (Lipinski definition) is 1. The molecule has 0 atom stereocenters. The molecule has 49 heavy (non-hydrogen) atoms. The van der Waals surface area contributed by atoms with Gasteiger partial charge in [-0.1, -0.05) is 177 Å². The fourth-order valence-electron chi connectivity index (χ4n) is 7.58. The maximum atomic E-state index is 11.6. The van der Waals surface area contributed by atoms with E-state index >= 15 is 0 Å². The highest BCUT2D eigenvalue weighted by molar-refractivity contribution is 5.52. The normalized spacial score (nSPS) is 11.3. The number of hydrogen-bond acceptors (Lipinski definition) is 1. The van der Waals surface area contributed by atoms with E-state index < -0.39 is 0 Å². The van der Waals surface area contributed by atoms with E-state index in [9.17, 15) is 5.11 Å². The van der Waals surface area contributed by atoms with Crippen molar-refractivity contribution in [3.8, 4) is 5.75 Å². The minimum absolute atomic E-state index is 0.442. The first kappa shape index (κ1) is 38.5. The molecular formula is C48H66O. The maximum Gasteiger partial charge on any atom is 0.119 e. The molecule has 0 aliphatic carbocycles. The number of phenolic OH excluding ortho intramolecular Hbond substituents is 1. The van der Waals surface area contributed by atoms with Crippen LogP contribution in [0.2, 0.25) is 0 Å². The summed E-state index contributed by atoms with van der Waals surface area (Å²) in [6.07, 6.45) is 25.4. The monoisotopic (exact) mass is 659 g/mol. The third-order valence-electron chi connectivity index (χ3n) is 10.6. The van der Waals surface area contributed by atoms with E-state index in [-0.39, 0.29) is 0 Å². The predicted molar refractivity (Wildman–Crippen MR) is 213 cm³/mol. The van der Waals surface area contributed by atoms with Gasteiger partial charge in [0.05, 0.1) is 0 Å². The summed E-state index contributed by atoms with van der Waals surface area (Å²) in [7, 11) is 0. The molecule has 0 aliphatic rings. The first-order valence-electron chi connectivity index (χ1n) is 20.2. The summed E-state index contributed by atoms with van der Waals surface area (Å²) in [5.41, 5.74) is 12.4. The number of aromatic hydroxyl groups is 1.